The summed E-state index contributed by atoms with van der Waals surface area (Å²) in [4.78, 5) is 8.25. The fraction of sp³-hybridized carbons (Fsp3) is 0.273. The van der Waals surface area contributed by atoms with Crippen LogP contribution in [0.1, 0.15) is 32.0 Å². The molecule has 0 aliphatic heterocycles. The Morgan fingerprint density at radius 3 is 2.43 bits per heavy atom. The minimum atomic E-state index is -0.159. The quantitative estimate of drug-likeness (QED) is 0.542. The molecule has 4 rings (SSSR count). The number of phenolic OH excluding ortho intramolecular Hbond substituents is 1. The molecule has 0 spiro atoms. The van der Waals surface area contributed by atoms with Gasteiger partial charge in [-0.25, -0.2) is 9.67 Å². The van der Waals surface area contributed by atoms with E-state index in [0.29, 0.717) is 11.6 Å². The SMILES string of the molecule is COc1cc(-c2nc3c(C(C)(C)C)nn(-c4ccc(C)cc4)c3[nH]2)ccc1O. The topological polar surface area (TPSA) is 76.0 Å². The van der Waals surface area contributed by atoms with Crippen molar-refractivity contribution in [1.82, 2.24) is 19.7 Å². The number of fused-ring (bicyclic) bond motifs is 1. The Hall–Kier alpha value is -3.28. The van der Waals surface area contributed by atoms with E-state index in [4.69, 9.17) is 14.8 Å². The van der Waals surface area contributed by atoms with Gasteiger partial charge < -0.3 is 14.8 Å². The van der Waals surface area contributed by atoms with E-state index in [-0.39, 0.29) is 11.2 Å². The Bertz CT molecular complexity index is 1150. The average Bonchev–Trinajstić information content (AvgIpc) is 3.21. The third kappa shape index (κ3) is 3.01. The number of rotatable bonds is 3. The van der Waals surface area contributed by atoms with Crippen molar-refractivity contribution in [3.8, 4) is 28.6 Å². The lowest BCUT2D eigenvalue weighted by molar-refractivity contribution is 0.373. The van der Waals surface area contributed by atoms with E-state index < -0.39 is 0 Å². The van der Waals surface area contributed by atoms with E-state index in [2.05, 4.69) is 56.9 Å². The van der Waals surface area contributed by atoms with Crippen LogP contribution in [-0.2, 0) is 5.41 Å². The van der Waals surface area contributed by atoms with Gasteiger partial charge in [0.1, 0.15) is 11.3 Å². The number of hydrogen-bond acceptors (Lipinski definition) is 4. The second kappa shape index (κ2) is 6.41. The van der Waals surface area contributed by atoms with Crippen LogP contribution in [0.5, 0.6) is 11.5 Å². The molecular formula is C22H24N4O2. The molecule has 2 heterocycles. The van der Waals surface area contributed by atoms with Crippen LogP contribution >= 0.6 is 0 Å². The number of aromatic nitrogens is 4. The number of imidazole rings is 1. The summed E-state index contributed by atoms with van der Waals surface area (Å²) in [5, 5.41) is 14.7. The van der Waals surface area contributed by atoms with Crippen LogP contribution in [0.15, 0.2) is 42.5 Å². The fourth-order valence-corrected chi connectivity index (χ4v) is 3.22. The van der Waals surface area contributed by atoms with Crippen molar-refractivity contribution >= 4 is 11.2 Å². The minimum Gasteiger partial charge on any atom is -0.504 e. The number of aromatic amines is 1. The van der Waals surface area contributed by atoms with E-state index in [0.717, 1.165) is 28.1 Å². The highest BCUT2D eigenvalue weighted by molar-refractivity contribution is 5.81. The molecule has 0 amide bonds. The van der Waals surface area contributed by atoms with Crippen LogP contribution in [0, 0.1) is 6.92 Å². The highest BCUT2D eigenvalue weighted by Gasteiger charge is 2.26. The van der Waals surface area contributed by atoms with Crippen LogP contribution in [0.3, 0.4) is 0 Å². The summed E-state index contributed by atoms with van der Waals surface area (Å²) in [5.74, 6) is 1.22. The van der Waals surface area contributed by atoms with Gasteiger partial charge in [-0.15, -0.1) is 0 Å². The van der Waals surface area contributed by atoms with Crippen LogP contribution < -0.4 is 4.74 Å². The fourth-order valence-electron chi connectivity index (χ4n) is 3.22. The molecule has 6 heteroatoms. The van der Waals surface area contributed by atoms with E-state index in [1.807, 2.05) is 10.7 Å². The normalized spacial score (nSPS) is 11.9. The predicted molar refractivity (Wildman–Crippen MR) is 110 cm³/mol. The molecule has 0 fully saturated rings. The van der Waals surface area contributed by atoms with Gasteiger partial charge in [0.05, 0.1) is 18.5 Å². The van der Waals surface area contributed by atoms with Gasteiger partial charge >= 0.3 is 0 Å². The molecule has 0 saturated carbocycles. The minimum absolute atomic E-state index is 0.101. The first-order valence-corrected chi connectivity index (χ1v) is 9.21. The molecule has 144 valence electrons. The summed E-state index contributed by atoms with van der Waals surface area (Å²) in [6.07, 6.45) is 0. The molecule has 2 N–H and O–H groups in total. The number of hydrogen-bond donors (Lipinski definition) is 2. The van der Waals surface area contributed by atoms with Gasteiger partial charge in [-0.3, -0.25) is 0 Å². The van der Waals surface area contributed by atoms with Crippen LogP contribution in [0.25, 0.3) is 28.2 Å². The van der Waals surface area contributed by atoms with Gasteiger partial charge in [-0.2, -0.15) is 5.10 Å². The molecule has 0 aliphatic carbocycles. The van der Waals surface area contributed by atoms with Crippen LogP contribution in [0.4, 0.5) is 0 Å². The van der Waals surface area contributed by atoms with Gasteiger partial charge in [-0.05, 0) is 37.3 Å². The van der Waals surface area contributed by atoms with Gasteiger partial charge in [0.2, 0.25) is 0 Å². The van der Waals surface area contributed by atoms with E-state index in [9.17, 15) is 5.11 Å². The van der Waals surface area contributed by atoms with Gasteiger partial charge in [0.25, 0.3) is 0 Å². The van der Waals surface area contributed by atoms with Crippen molar-refractivity contribution in [2.75, 3.05) is 7.11 Å². The molecule has 6 nitrogen and oxygen atoms in total. The van der Waals surface area contributed by atoms with Crippen molar-refractivity contribution in [2.24, 2.45) is 0 Å². The Morgan fingerprint density at radius 1 is 1.07 bits per heavy atom. The number of ether oxygens (including phenoxy) is 1. The van der Waals surface area contributed by atoms with Crippen molar-refractivity contribution in [3.05, 3.63) is 53.7 Å². The second-order valence-corrected chi connectivity index (χ2v) is 8.02. The number of methoxy groups -OCH3 is 1. The summed E-state index contributed by atoms with van der Waals surface area (Å²) in [5.41, 5.74) is 5.46. The average molecular weight is 376 g/mol. The summed E-state index contributed by atoms with van der Waals surface area (Å²) in [6.45, 7) is 8.46. The van der Waals surface area contributed by atoms with Gasteiger partial charge in [0, 0.05) is 11.0 Å². The molecule has 28 heavy (non-hydrogen) atoms. The molecule has 0 atom stereocenters. The third-order valence-electron chi connectivity index (χ3n) is 4.76. The van der Waals surface area contributed by atoms with E-state index in [1.54, 1.807) is 12.1 Å². The summed E-state index contributed by atoms with van der Waals surface area (Å²) in [7, 11) is 1.53. The maximum absolute atomic E-state index is 9.88. The maximum atomic E-state index is 9.88. The van der Waals surface area contributed by atoms with Crippen LogP contribution in [0.2, 0.25) is 0 Å². The molecule has 0 radical (unpaired) electrons. The van der Waals surface area contributed by atoms with Crippen molar-refractivity contribution < 1.29 is 9.84 Å². The molecule has 0 unspecified atom stereocenters. The van der Waals surface area contributed by atoms with Crippen molar-refractivity contribution in [3.63, 3.8) is 0 Å². The maximum Gasteiger partial charge on any atom is 0.161 e. The molecular weight excluding hydrogens is 352 g/mol. The number of nitrogens with zero attached hydrogens (tertiary/aromatic N) is 3. The lowest BCUT2D eigenvalue weighted by atomic mass is 9.92. The monoisotopic (exact) mass is 376 g/mol. The molecule has 0 aliphatic rings. The van der Waals surface area contributed by atoms with Gasteiger partial charge in [0.15, 0.2) is 17.1 Å². The number of benzene rings is 2. The predicted octanol–water partition coefficient (Wildman–Crippen LogP) is 4.74. The molecule has 2 aromatic carbocycles. The lowest BCUT2D eigenvalue weighted by Crippen LogP contribution is -2.13. The Morgan fingerprint density at radius 2 is 1.79 bits per heavy atom. The van der Waals surface area contributed by atoms with Crippen LogP contribution in [-0.4, -0.2) is 32.0 Å². The summed E-state index contributed by atoms with van der Waals surface area (Å²) >= 11 is 0. The highest BCUT2D eigenvalue weighted by Crippen LogP contribution is 2.34. The summed E-state index contributed by atoms with van der Waals surface area (Å²) < 4.78 is 7.14. The Balaban J connectivity index is 1.93. The Labute approximate surface area is 163 Å². The molecule has 4 aromatic rings. The first-order valence-electron chi connectivity index (χ1n) is 9.21. The number of nitrogens with one attached hydrogen (secondary N) is 1. The smallest absolute Gasteiger partial charge is 0.161 e. The number of H-pyrrole nitrogens is 1. The van der Waals surface area contributed by atoms with Crippen molar-refractivity contribution in [2.45, 2.75) is 33.1 Å². The number of aromatic hydroxyl groups is 1. The third-order valence-corrected chi connectivity index (χ3v) is 4.76. The number of phenols is 1. The standard InChI is InChI=1S/C22H24N4O2/c1-13-6-9-15(10-7-13)26-21-18(19(25-26)22(2,3)4)23-20(24-21)14-8-11-16(27)17(12-14)28-5/h6-12,27H,1-5H3,(H,23,24). The zero-order valence-corrected chi connectivity index (χ0v) is 16.7. The molecule has 0 bridgehead atoms. The van der Waals surface area contributed by atoms with Crippen molar-refractivity contribution in [1.29, 1.82) is 0 Å². The van der Waals surface area contributed by atoms with E-state index >= 15 is 0 Å². The van der Waals surface area contributed by atoms with E-state index in [1.165, 1.54) is 12.7 Å². The molecule has 2 aromatic heterocycles. The second-order valence-electron chi connectivity index (χ2n) is 8.02. The number of aryl methyl sites for hydroxylation is 1. The largest absolute Gasteiger partial charge is 0.504 e. The Kier molecular flexibility index (Phi) is 4.14. The zero-order valence-electron chi connectivity index (χ0n) is 16.7. The first-order chi connectivity index (χ1) is 13.3. The molecule has 0 saturated heterocycles. The van der Waals surface area contributed by atoms with Gasteiger partial charge in [-0.1, -0.05) is 38.5 Å². The lowest BCUT2D eigenvalue weighted by Gasteiger charge is -2.14. The zero-order chi connectivity index (χ0) is 20.1. The first kappa shape index (κ1) is 18.1. The highest BCUT2D eigenvalue weighted by atomic mass is 16.5. The summed E-state index contributed by atoms with van der Waals surface area (Å²) in [6, 6.07) is 13.4.